The first-order valence-corrected chi connectivity index (χ1v) is 12.8. The maximum absolute atomic E-state index is 13.3. The topological polar surface area (TPSA) is 71.7 Å². The second kappa shape index (κ2) is 10.8. The highest BCUT2D eigenvalue weighted by atomic mass is 35.5. The lowest BCUT2D eigenvalue weighted by Gasteiger charge is -2.28. The number of nitrogens with two attached hydrogens (primary N) is 1. The van der Waals surface area contributed by atoms with E-state index in [4.69, 9.17) is 22.1 Å². The number of benzene rings is 2. The molecule has 8 heteroatoms. The number of pyridine rings is 1. The molecule has 5 rings (SSSR count). The van der Waals surface area contributed by atoms with Crippen LogP contribution in [0.5, 0.6) is 5.75 Å². The van der Waals surface area contributed by atoms with Crippen molar-refractivity contribution in [3.8, 4) is 16.9 Å². The van der Waals surface area contributed by atoms with Gasteiger partial charge < -0.3 is 20.3 Å². The van der Waals surface area contributed by atoms with Crippen LogP contribution in [0.1, 0.15) is 41.6 Å². The fourth-order valence-corrected chi connectivity index (χ4v) is 5.27. The average molecular weight is 509 g/mol. The van der Waals surface area contributed by atoms with Gasteiger partial charge in [-0.15, -0.1) is 0 Å². The van der Waals surface area contributed by atoms with Crippen LogP contribution in [0.3, 0.4) is 0 Å². The molecule has 3 aromatic rings. The second-order valence-electron chi connectivity index (χ2n) is 9.51. The van der Waals surface area contributed by atoms with Crippen LogP contribution in [0.15, 0.2) is 54.7 Å². The van der Waals surface area contributed by atoms with E-state index >= 15 is 0 Å². The largest absolute Gasteiger partial charge is 0.485 e. The molecule has 1 amide bonds. The number of nitrogen functional groups attached to an aromatic ring is 1. The van der Waals surface area contributed by atoms with Gasteiger partial charge in [-0.2, -0.15) is 0 Å². The van der Waals surface area contributed by atoms with E-state index in [2.05, 4.69) is 9.88 Å². The highest BCUT2D eigenvalue weighted by molar-refractivity contribution is 6.31. The van der Waals surface area contributed by atoms with Crippen molar-refractivity contribution in [2.75, 3.05) is 31.9 Å². The molecule has 2 aromatic carbocycles. The Labute approximate surface area is 215 Å². The third kappa shape index (κ3) is 5.47. The van der Waals surface area contributed by atoms with Crippen molar-refractivity contribution in [2.24, 2.45) is 0 Å². The molecular weight excluding hydrogens is 479 g/mol. The van der Waals surface area contributed by atoms with E-state index in [-0.39, 0.29) is 18.3 Å². The van der Waals surface area contributed by atoms with E-state index < -0.39 is 5.82 Å². The van der Waals surface area contributed by atoms with Gasteiger partial charge in [0.2, 0.25) is 0 Å². The van der Waals surface area contributed by atoms with Crippen molar-refractivity contribution in [2.45, 2.75) is 38.3 Å². The maximum Gasteiger partial charge on any atom is 0.254 e. The molecule has 2 aliphatic heterocycles. The van der Waals surface area contributed by atoms with Gasteiger partial charge in [-0.25, -0.2) is 9.37 Å². The molecule has 1 unspecified atom stereocenters. The molecule has 36 heavy (non-hydrogen) atoms. The molecular formula is C28H30ClFN4O2. The monoisotopic (exact) mass is 508 g/mol. The van der Waals surface area contributed by atoms with Gasteiger partial charge in [0, 0.05) is 42.0 Å². The molecule has 2 saturated heterocycles. The number of carbonyl (C=O) groups excluding carboxylic acids is 1. The van der Waals surface area contributed by atoms with E-state index in [0.29, 0.717) is 27.9 Å². The summed E-state index contributed by atoms with van der Waals surface area (Å²) in [7, 11) is 0. The van der Waals surface area contributed by atoms with Crippen LogP contribution >= 0.6 is 11.6 Å². The minimum absolute atomic E-state index is 0.0962. The van der Waals surface area contributed by atoms with E-state index in [1.807, 2.05) is 35.2 Å². The summed E-state index contributed by atoms with van der Waals surface area (Å²) in [5, 5.41) is 0.290. The minimum Gasteiger partial charge on any atom is -0.485 e. The van der Waals surface area contributed by atoms with Crippen LogP contribution in [0.25, 0.3) is 11.1 Å². The Morgan fingerprint density at radius 2 is 1.83 bits per heavy atom. The molecule has 2 N–H and O–H groups in total. The molecule has 0 radical (unpaired) electrons. The first-order chi connectivity index (χ1) is 17.5. The Bertz CT molecular complexity index is 1230. The summed E-state index contributed by atoms with van der Waals surface area (Å²) < 4.78 is 19.1. The number of ether oxygens (including phenoxy) is 1. The second-order valence-corrected chi connectivity index (χ2v) is 9.92. The number of carbonyl (C=O) groups is 1. The summed E-state index contributed by atoms with van der Waals surface area (Å²) in [6, 6.07) is 13.9. The van der Waals surface area contributed by atoms with Gasteiger partial charge in [0.25, 0.3) is 5.91 Å². The lowest BCUT2D eigenvalue weighted by atomic mass is 10.0. The first kappa shape index (κ1) is 24.5. The highest BCUT2D eigenvalue weighted by Crippen LogP contribution is 2.30. The molecule has 2 aliphatic rings. The van der Waals surface area contributed by atoms with Gasteiger partial charge in [-0.3, -0.25) is 4.79 Å². The van der Waals surface area contributed by atoms with Crippen LogP contribution < -0.4 is 10.5 Å². The van der Waals surface area contributed by atoms with Gasteiger partial charge in [0.1, 0.15) is 12.4 Å². The molecule has 0 aliphatic carbocycles. The van der Waals surface area contributed by atoms with Crippen molar-refractivity contribution in [3.63, 3.8) is 0 Å². The van der Waals surface area contributed by atoms with Gasteiger partial charge >= 0.3 is 0 Å². The Morgan fingerprint density at radius 3 is 2.58 bits per heavy atom. The lowest BCUT2D eigenvalue weighted by molar-refractivity contribution is 0.0709. The zero-order valence-corrected chi connectivity index (χ0v) is 20.9. The molecule has 188 valence electrons. The van der Waals surface area contributed by atoms with Crippen LogP contribution in [-0.2, 0) is 6.61 Å². The fraction of sp³-hybridized carbons (Fsp3) is 0.357. The van der Waals surface area contributed by atoms with Gasteiger partial charge in [-0.1, -0.05) is 29.8 Å². The summed E-state index contributed by atoms with van der Waals surface area (Å²) in [6.45, 7) is 4.22. The summed E-state index contributed by atoms with van der Waals surface area (Å²) in [5.41, 5.74) is 9.08. The normalized spacial score (nSPS) is 18.1. The number of aromatic nitrogens is 1. The van der Waals surface area contributed by atoms with E-state index in [9.17, 15) is 9.18 Å². The Balaban J connectivity index is 1.27. The predicted octanol–water partition coefficient (Wildman–Crippen LogP) is 5.40. The first-order valence-electron chi connectivity index (χ1n) is 12.4. The number of anilines is 1. The average Bonchev–Trinajstić information content (AvgIpc) is 3.57. The summed E-state index contributed by atoms with van der Waals surface area (Å²) in [6.07, 6.45) is 6.33. The Morgan fingerprint density at radius 1 is 1.06 bits per heavy atom. The maximum atomic E-state index is 13.3. The minimum atomic E-state index is -0.402. The van der Waals surface area contributed by atoms with Crippen LogP contribution in [0.2, 0.25) is 5.02 Å². The molecule has 0 spiro atoms. The van der Waals surface area contributed by atoms with Crippen LogP contribution in [0.4, 0.5) is 10.2 Å². The Hall–Kier alpha value is -3.16. The number of amides is 1. The highest BCUT2D eigenvalue weighted by Gasteiger charge is 2.31. The zero-order valence-electron chi connectivity index (χ0n) is 20.1. The van der Waals surface area contributed by atoms with Crippen molar-refractivity contribution in [3.05, 3.63) is 76.7 Å². The van der Waals surface area contributed by atoms with Crippen molar-refractivity contribution in [1.82, 2.24) is 14.8 Å². The van der Waals surface area contributed by atoms with Crippen LogP contribution in [-0.4, -0.2) is 52.9 Å². The molecule has 2 fully saturated rings. The molecule has 3 heterocycles. The fourth-order valence-electron chi connectivity index (χ4n) is 5.05. The quantitative estimate of drug-likeness (QED) is 0.462. The lowest BCUT2D eigenvalue weighted by Crippen LogP contribution is -2.42. The molecule has 0 saturated carbocycles. The number of rotatable bonds is 7. The number of nitrogens with zero attached hydrogens (tertiary/aromatic N) is 3. The van der Waals surface area contributed by atoms with Gasteiger partial charge in [0.15, 0.2) is 11.6 Å². The van der Waals surface area contributed by atoms with E-state index in [0.717, 1.165) is 50.1 Å². The smallest absolute Gasteiger partial charge is 0.254 e. The Kier molecular flexibility index (Phi) is 7.39. The van der Waals surface area contributed by atoms with Crippen LogP contribution in [0, 0.1) is 5.82 Å². The molecule has 6 nitrogen and oxygen atoms in total. The third-order valence-electron chi connectivity index (χ3n) is 7.05. The predicted molar refractivity (Wildman–Crippen MR) is 140 cm³/mol. The van der Waals surface area contributed by atoms with Gasteiger partial charge in [0.05, 0.1) is 5.02 Å². The summed E-state index contributed by atoms with van der Waals surface area (Å²) >= 11 is 6.10. The van der Waals surface area contributed by atoms with Gasteiger partial charge in [-0.05, 0) is 74.7 Å². The number of hydrogen-bond acceptors (Lipinski definition) is 5. The van der Waals surface area contributed by atoms with Crippen molar-refractivity contribution >= 4 is 23.3 Å². The SMILES string of the molecule is Nc1ncc(-c2ccc(C(=O)N3CCCC3CN3CCCC3)cc2)cc1OCc1ccc(F)cc1Cl. The number of halogens is 2. The van der Waals surface area contributed by atoms with E-state index in [1.165, 1.54) is 25.0 Å². The number of hydrogen-bond donors (Lipinski definition) is 1. The summed E-state index contributed by atoms with van der Waals surface area (Å²) in [5.74, 6) is 0.358. The third-order valence-corrected chi connectivity index (χ3v) is 7.40. The molecule has 1 atom stereocenters. The zero-order chi connectivity index (χ0) is 25.1. The van der Waals surface area contributed by atoms with Crippen molar-refractivity contribution in [1.29, 1.82) is 0 Å². The van der Waals surface area contributed by atoms with Crippen molar-refractivity contribution < 1.29 is 13.9 Å². The summed E-state index contributed by atoms with van der Waals surface area (Å²) in [4.78, 5) is 22.1. The number of likely N-dealkylation sites (tertiary alicyclic amines) is 2. The van der Waals surface area contributed by atoms with E-state index in [1.54, 1.807) is 12.3 Å². The molecule has 0 bridgehead atoms. The molecule has 1 aromatic heterocycles. The standard InChI is InChI=1S/C28H30ClFN4O2/c29-25-15-23(30)10-9-21(25)18-36-26-14-22(16-32-27(26)31)19-5-7-20(8-6-19)28(35)34-13-3-4-24(34)17-33-11-1-2-12-33/h5-10,14-16,24H,1-4,11-13,17-18H2,(H2,31,32).